The summed E-state index contributed by atoms with van der Waals surface area (Å²) >= 11 is 3.38. The lowest BCUT2D eigenvalue weighted by Crippen LogP contribution is -2.10. The molecule has 1 aliphatic heterocycles. The summed E-state index contributed by atoms with van der Waals surface area (Å²) in [5, 5.41) is 2.87. The lowest BCUT2D eigenvalue weighted by molar-refractivity contribution is -0.117. The highest BCUT2D eigenvalue weighted by atomic mass is 79.9. The van der Waals surface area contributed by atoms with Crippen LogP contribution in [0.1, 0.15) is 24.8 Å². The quantitative estimate of drug-likeness (QED) is 0.803. The van der Waals surface area contributed by atoms with Crippen molar-refractivity contribution in [3.8, 4) is 0 Å². The van der Waals surface area contributed by atoms with Crippen LogP contribution in [-0.2, 0) is 4.79 Å². The minimum atomic E-state index is 0.0445. The maximum atomic E-state index is 11.4. The van der Waals surface area contributed by atoms with Crippen molar-refractivity contribution in [2.75, 3.05) is 5.32 Å². The molecule has 2 nitrogen and oxygen atoms in total. The van der Waals surface area contributed by atoms with E-state index >= 15 is 0 Å². The molecule has 1 atom stereocenters. The zero-order chi connectivity index (χ0) is 9.42. The Morgan fingerprint density at radius 3 is 3.00 bits per heavy atom. The molecule has 1 N–H and O–H groups in total. The van der Waals surface area contributed by atoms with E-state index in [1.54, 1.807) is 0 Å². The normalized spacial score (nSPS) is 19.8. The van der Waals surface area contributed by atoms with E-state index < -0.39 is 0 Å². The number of fused-ring (bicyclic) bond motifs is 1. The van der Waals surface area contributed by atoms with E-state index in [0.717, 1.165) is 22.1 Å². The van der Waals surface area contributed by atoms with Gasteiger partial charge in [0.1, 0.15) is 0 Å². The summed E-state index contributed by atoms with van der Waals surface area (Å²) < 4.78 is 1.00. The van der Waals surface area contributed by atoms with Crippen molar-refractivity contribution in [2.45, 2.75) is 19.3 Å². The molecule has 3 heteroatoms. The third-order valence-corrected chi connectivity index (χ3v) is 2.87. The Labute approximate surface area is 85.5 Å². The number of rotatable bonds is 1. The summed E-state index contributed by atoms with van der Waals surface area (Å²) in [6, 6.07) is 5.93. The highest BCUT2D eigenvalue weighted by molar-refractivity contribution is 9.10. The van der Waals surface area contributed by atoms with Crippen LogP contribution in [-0.4, -0.2) is 5.91 Å². The van der Waals surface area contributed by atoms with Crippen molar-refractivity contribution in [2.24, 2.45) is 0 Å². The average Bonchev–Trinajstić information content (AvgIpc) is 2.39. The Kier molecular flexibility index (Phi) is 2.12. The third-order valence-electron chi connectivity index (χ3n) is 2.37. The van der Waals surface area contributed by atoms with Crippen molar-refractivity contribution in [1.29, 1.82) is 0 Å². The second-order valence-electron chi connectivity index (χ2n) is 3.18. The molecule has 13 heavy (non-hydrogen) atoms. The Morgan fingerprint density at radius 2 is 2.31 bits per heavy atom. The summed E-state index contributed by atoms with van der Waals surface area (Å²) in [4.78, 5) is 11.4. The highest BCUT2D eigenvalue weighted by Crippen LogP contribution is 2.35. The number of nitrogens with one attached hydrogen (secondary N) is 1. The molecular formula is C10H10BrNO. The first kappa shape index (κ1) is 8.75. The minimum absolute atomic E-state index is 0.0445. The molecule has 2 rings (SSSR count). The molecule has 1 aromatic rings. The Hall–Kier alpha value is -0.830. The highest BCUT2D eigenvalue weighted by Gasteiger charge is 2.28. The Balaban J connectivity index is 2.48. The van der Waals surface area contributed by atoms with Crippen molar-refractivity contribution in [3.05, 3.63) is 28.2 Å². The number of carbonyl (C=O) groups excluding carboxylic acids is 1. The van der Waals surface area contributed by atoms with Gasteiger partial charge in [0.25, 0.3) is 0 Å². The van der Waals surface area contributed by atoms with Gasteiger partial charge in [-0.2, -0.15) is 0 Å². The van der Waals surface area contributed by atoms with Gasteiger partial charge in [-0.05, 0) is 24.1 Å². The molecule has 0 fully saturated rings. The molecule has 0 saturated carbocycles. The van der Waals surface area contributed by atoms with Crippen LogP contribution in [0.25, 0.3) is 0 Å². The number of amides is 1. The van der Waals surface area contributed by atoms with Crippen LogP contribution in [0, 0.1) is 0 Å². The smallest absolute Gasteiger partial charge is 0.231 e. The van der Waals surface area contributed by atoms with Gasteiger partial charge in [-0.3, -0.25) is 4.79 Å². The molecule has 1 unspecified atom stereocenters. The number of benzene rings is 1. The van der Waals surface area contributed by atoms with Gasteiger partial charge in [0.05, 0.1) is 5.92 Å². The van der Waals surface area contributed by atoms with Crippen molar-refractivity contribution < 1.29 is 4.79 Å². The van der Waals surface area contributed by atoms with Crippen LogP contribution < -0.4 is 5.32 Å². The number of hydrogen-bond acceptors (Lipinski definition) is 1. The molecule has 68 valence electrons. The fourth-order valence-corrected chi connectivity index (χ4v) is 2.07. The van der Waals surface area contributed by atoms with Crippen LogP contribution in [0.3, 0.4) is 0 Å². The number of anilines is 1. The van der Waals surface area contributed by atoms with Crippen LogP contribution in [0.15, 0.2) is 22.7 Å². The van der Waals surface area contributed by atoms with Gasteiger partial charge in [0.2, 0.25) is 5.91 Å². The second kappa shape index (κ2) is 3.14. The zero-order valence-corrected chi connectivity index (χ0v) is 8.89. The van der Waals surface area contributed by atoms with Crippen LogP contribution in [0.4, 0.5) is 5.69 Å². The van der Waals surface area contributed by atoms with E-state index in [1.807, 2.05) is 25.1 Å². The van der Waals surface area contributed by atoms with E-state index in [2.05, 4.69) is 21.2 Å². The van der Waals surface area contributed by atoms with E-state index in [9.17, 15) is 4.79 Å². The molecule has 0 spiro atoms. The summed E-state index contributed by atoms with van der Waals surface area (Å²) in [5.74, 6) is 0.165. The molecule has 0 radical (unpaired) electrons. The molecular weight excluding hydrogens is 230 g/mol. The number of carbonyl (C=O) groups is 1. The van der Waals surface area contributed by atoms with Crippen molar-refractivity contribution >= 4 is 27.5 Å². The predicted molar refractivity (Wildman–Crippen MR) is 55.8 cm³/mol. The van der Waals surface area contributed by atoms with Gasteiger partial charge in [-0.25, -0.2) is 0 Å². The van der Waals surface area contributed by atoms with E-state index in [4.69, 9.17) is 0 Å². The molecule has 0 saturated heterocycles. The first-order chi connectivity index (χ1) is 6.22. The topological polar surface area (TPSA) is 29.1 Å². The summed E-state index contributed by atoms with van der Waals surface area (Å²) in [6.07, 6.45) is 0.862. The maximum Gasteiger partial charge on any atom is 0.231 e. The molecule has 1 aliphatic rings. The van der Waals surface area contributed by atoms with Gasteiger partial charge in [-0.15, -0.1) is 0 Å². The maximum absolute atomic E-state index is 11.4. The third kappa shape index (κ3) is 1.37. The zero-order valence-electron chi connectivity index (χ0n) is 7.30. The standard InChI is InChI=1S/C10H10BrNO/c1-2-7-8-4-3-6(11)5-9(8)12-10(7)13/h3-5,7H,2H2,1H3,(H,12,13). The number of hydrogen-bond donors (Lipinski definition) is 1. The van der Waals surface area contributed by atoms with Crippen LogP contribution in [0.2, 0.25) is 0 Å². The van der Waals surface area contributed by atoms with Gasteiger partial charge >= 0.3 is 0 Å². The second-order valence-corrected chi connectivity index (χ2v) is 4.10. The molecule has 1 aromatic carbocycles. The molecule has 1 amide bonds. The van der Waals surface area contributed by atoms with E-state index in [1.165, 1.54) is 0 Å². The van der Waals surface area contributed by atoms with Gasteiger partial charge in [0.15, 0.2) is 0 Å². The van der Waals surface area contributed by atoms with Gasteiger partial charge in [-0.1, -0.05) is 28.9 Å². The van der Waals surface area contributed by atoms with Crippen molar-refractivity contribution in [1.82, 2.24) is 0 Å². The lowest BCUT2D eigenvalue weighted by atomic mass is 9.98. The predicted octanol–water partition coefficient (Wildman–Crippen LogP) is 2.89. The summed E-state index contributed by atoms with van der Waals surface area (Å²) in [6.45, 7) is 2.03. The molecule has 0 aliphatic carbocycles. The molecule has 0 bridgehead atoms. The van der Waals surface area contributed by atoms with E-state index in [0.29, 0.717) is 0 Å². The fourth-order valence-electron chi connectivity index (χ4n) is 1.71. The minimum Gasteiger partial charge on any atom is -0.325 e. The van der Waals surface area contributed by atoms with Gasteiger partial charge in [0, 0.05) is 10.2 Å². The van der Waals surface area contributed by atoms with E-state index in [-0.39, 0.29) is 11.8 Å². The van der Waals surface area contributed by atoms with Crippen LogP contribution >= 0.6 is 15.9 Å². The average molecular weight is 240 g/mol. The first-order valence-corrected chi connectivity index (χ1v) is 5.12. The van der Waals surface area contributed by atoms with Crippen LogP contribution in [0.5, 0.6) is 0 Å². The SMILES string of the molecule is CCC1C(=O)Nc2cc(Br)ccc21. The van der Waals surface area contributed by atoms with Gasteiger partial charge < -0.3 is 5.32 Å². The lowest BCUT2D eigenvalue weighted by Gasteiger charge is -2.03. The molecule has 1 heterocycles. The Morgan fingerprint density at radius 1 is 1.54 bits per heavy atom. The number of halogens is 1. The molecule has 0 aromatic heterocycles. The first-order valence-electron chi connectivity index (χ1n) is 4.32. The summed E-state index contributed by atoms with van der Waals surface area (Å²) in [5.41, 5.74) is 2.07. The van der Waals surface area contributed by atoms with Crippen molar-refractivity contribution in [3.63, 3.8) is 0 Å². The largest absolute Gasteiger partial charge is 0.325 e. The Bertz CT molecular complexity index is 362. The summed E-state index contributed by atoms with van der Waals surface area (Å²) in [7, 11) is 0. The fraction of sp³-hybridized carbons (Fsp3) is 0.300. The monoisotopic (exact) mass is 239 g/mol.